The molecule has 0 saturated carbocycles. The molecule has 1 aromatic carbocycles. The van der Waals surface area contributed by atoms with Crippen LogP contribution in [0.2, 0.25) is 0 Å². The number of benzene rings is 1. The quantitative estimate of drug-likeness (QED) is 0.826. The highest BCUT2D eigenvalue weighted by molar-refractivity contribution is 9.09. The molecule has 0 radical (unpaired) electrons. The van der Waals surface area contributed by atoms with E-state index in [1.54, 1.807) is 6.07 Å². The summed E-state index contributed by atoms with van der Waals surface area (Å²) in [6.45, 7) is 4.13. The van der Waals surface area contributed by atoms with E-state index in [9.17, 15) is 4.39 Å². The van der Waals surface area contributed by atoms with Gasteiger partial charge in [-0.05, 0) is 23.5 Å². The van der Waals surface area contributed by atoms with E-state index in [1.807, 2.05) is 0 Å². The van der Waals surface area contributed by atoms with Crippen LogP contribution in [0.5, 0.6) is 5.75 Å². The van der Waals surface area contributed by atoms with Crippen molar-refractivity contribution < 1.29 is 9.50 Å². The summed E-state index contributed by atoms with van der Waals surface area (Å²) in [5.41, 5.74) is 0.671. The molecular formula is C11H14BrFO. The topological polar surface area (TPSA) is 20.2 Å². The molecule has 78 valence electrons. The van der Waals surface area contributed by atoms with E-state index in [-0.39, 0.29) is 17.0 Å². The first-order chi connectivity index (χ1) is 6.44. The van der Waals surface area contributed by atoms with Gasteiger partial charge in [-0.2, -0.15) is 0 Å². The van der Waals surface area contributed by atoms with Crippen molar-refractivity contribution in [1.82, 2.24) is 0 Å². The molecule has 0 heterocycles. The van der Waals surface area contributed by atoms with Crippen LogP contribution in [-0.4, -0.2) is 10.4 Å². The van der Waals surface area contributed by atoms with Crippen molar-refractivity contribution in [1.29, 1.82) is 0 Å². The van der Waals surface area contributed by atoms with Crippen LogP contribution in [-0.2, 0) is 6.42 Å². The standard InChI is InChI=1S/C11H14BrFO/c1-11(2,7-12)6-8-3-4-9(14)5-10(8)13/h3-5,14H,6-7H2,1-2H3. The Hall–Kier alpha value is -0.570. The highest BCUT2D eigenvalue weighted by Crippen LogP contribution is 2.26. The average molecular weight is 261 g/mol. The lowest BCUT2D eigenvalue weighted by molar-refractivity contribution is 0.412. The molecule has 1 aromatic rings. The maximum Gasteiger partial charge on any atom is 0.130 e. The summed E-state index contributed by atoms with van der Waals surface area (Å²) in [4.78, 5) is 0. The summed E-state index contributed by atoms with van der Waals surface area (Å²) in [5, 5.41) is 9.86. The molecule has 0 fully saturated rings. The molecule has 1 rings (SSSR count). The Kier molecular flexibility index (Phi) is 3.53. The van der Waals surface area contributed by atoms with E-state index >= 15 is 0 Å². The van der Waals surface area contributed by atoms with Crippen LogP contribution in [0.4, 0.5) is 4.39 Å². The Bertz CT molecular complexity index is 323. The SMILES string of the molecule is CC(C)(CBr)Cc1ccc(O)cc1F. The minimum Gasteiger partial charge on any atom is -0.508 e. The lowest BCUT2D eigenvalue weighted by atomic mass is 9.88. The van der Waals surface area contributed by atoms with Gasteiger partial charge >= 0.3 is 0 Å². The van der Waals surface area contributed by atoms with E-state index in [0.717, 1.165) is 11.4 Å². The summed E-state index contributed by atoms with van der Waals surface area (Å²) < 4.78 is 13.3. The molecule has 1 nitrogen and oxygen atoms in total. The largest absolute Gasteiger partial charge is 0.508 e. The second-order valence-electron chi connectivity index (χ2n) is 4.25. The third-order valence-corrected chi connectivity index (χ3v) is 3.59. The Morgan fingerprint density at radius 2 is 2.07 bits per heavy atom. The van der Waals surface area contributed by atoms with Gasteiger partial charge in [-0.15, -0.1) is 0 Å². The van der Waals surface area contributed by atoms with Gasteiger partial charge in [0, 0.05) is 11.4 Å². The maximum atomic E-state index is 13.3. The molecule has 0 amide bonds. The molecule has 0 bridgehead atoms. The number of halogens is 2. The molecule has 0 atom stereocenters. The van der Waals surface area contributed by atoms with Gasteiger partial charge < -0.3 is 5.11 Å². The fraction of sp³-hybridized carbons (Fsp3) is 0.455. The fourth-order valence-electron chi connectivity index (χ4n) is 1.24. The summed E-state index contributed by atoms with van der Waals surface area (Å²) in [5.74, 6) is -0.359. The van der Waals surface area contributed by atoms with Gasteiger partial charge in [-0.1, -0.05) is 35.8 Å². The lowest BCUT2D eigenvalue weighted by Gasteiger charge is -2.21. The maximum absolute atomic E-state index is 13.3. The Morgan fingerprint density at radius 3 is 2.57 bits per heavy atom. The van der Waals surface area contributed by atoms with Crippen molar-refractivity contribution in [2.75, 3.05) is 5.33 Å². The van der Waals surface area contributed by atoms with Crippen LogP contribution in [0.1, 0.15) is 19.4 Å². The molecule has 3 heteroatoms. The molecule has 0 aliphatic heterocycles. The number of alkyl halides is 1. The summed E-state index contributed by atoms with van der Waals surface area (Å²) >= 11 is 3.40. The van der Waals surface area contributed by atoms with E-state index in [0.29, 0.717) is 12.0 Å². The molecule has 0 aliphatic rings. The Morgan fingerprint density at radius 1 is 1.43 bits per heavy atom. The second kappa shape index (κ2) is 4.30. The van der Waals surface area contributed by atoms with Crippen molar-refractivity contribution in [3.63, 3.8) is 0 Å². The van der Waals surface area contributed by atoms with Crippen molar-refractivity contribution in [3.8, 4) is 5.75 Å². The summed E-state index contributed by atoms with van der Waals surface area (Å²) in [7, 11) is 0. The Balaban J connectivity index is 2.87. The number of hydrogen-bond donors (Lipinski definition) is 1. The van der Waals surface area contributed by atoms with Gasteiger partial charge in [0.2, 0.25) is 0 Å². The number of rotatable bonds is 3. The minimum atomic E-state index is -0.334. The molecule has 0 saturated heterocycles. The van der Waals surface area contributed by atoms with Crippen LogP contribution in [0, 0.1) is 11.2 Å². The van der Waals surface area contributed by atoms with Gasteiger partial charge in [0.25, 0.3) is 0 Å². The molecule has 0 unspecified atom stereocenters. The molecule has 0 aliphatic carbocycles. The average Bonchev–Trinajstić information content (AvgIpc) is 2.10. The van der Waals surface area contributed by atoms with Gasteiger partial charge in [-0.25, -0.2) is 4.39 Å². The third-order valence-electron chi connectivity index (χ3n) is 2.07. The molecule has 1 N–H and O–H groups in total. The van der Waals surface area contributed by atoms with E-state index in [4.69, 9.17) is 5.11 Å². The van der Waals surface area contributed by atoms with E-state index in [1.165, 1.54) is 6.07 Å². The zero-order valence-corrected chi connectivity index (χ0v) is 9.94. The van der Waals surface area contributed by atoms with Gasteiger partial charge in [-0.3, -0.25) is 0 Å². The van der Waals surface area contributed by atoms with Crippen LogP contribution < -0.4 is 0 Å². The summed E-state index contributed by atoms with van der Waals surface area (Å²) in [6, 6.07) is 4.30. The smallest absolute Gasteiger partial charge is 0.130 e. The number of phenolic OH excluding ortho intramolecular Hbond substituents is 1. The highest BCUT2D eigenvalue weighted by Gasteiger charge is 2.18. The number of hydrogen-bond acceptors (Lipinski definition) is 1. The monoisotopic (exact) mass is 260 g/mol. The molecule has 0 spiro atoms. The van der Waals surface area contributed by atoms with E-state index < -0.39 is 0 Å². The minimum absolute atomic E-state index is 0.0251. The normalized spacial score (nSPS) is 11.7. The number of aromatic hydroxyl groups is 1. The molecular weight excluding hydrogens is 247 g/mol. The van der Waals surface area contributed by atoms with Crippen LogP contribution in [0.3, 0.4) is 0 Å². The van der Waals surface area contributed by atoms with Crippen LogP contribution in [0.25, 0.3) is 0 Å². The third kappa shape index (κ3) is 2.98. The van der Waals surface area contributed by atoms with Crippen LogP contribution >= 0.6 is 15.9 Å². The molecule has 0 aromatic heterocycles. The van der Waals surface area contributed by atoms with E-state index in [2.05, 4.69) is 29.8 Å². The van der Waals surface area contributed by atoms with Crippen molar-refractivity contribution in [2.24, 2.45) is 5.41 Å². The summed E-state index contributed by atoms with van der Waals surface area (Å²) in [6.07, 6.45) is 0.657. The first kappa shape index (κ1) is 11.5. The predicted molar refractivity (Wildman–Crippen MR) is 59.3 cm³/mol. The Labute approximate surface area is 92.1 Å². The van der Waals surface area contributed by atoms with Crippen molar-refractivity contribution >= 4 is 15.9 Å². The van der Waals surface area contributed by atoms with Gasteiger partial charge in [0.1, 0.15) is 11.6 Å². The zero-order valence-electron chi connectivity index (χ0n) is 8.35. The molecule has 14 heavy (non-hydrogen) atoms. The van der Waals surface area contributed by atoms with Gasteiger partial charge in [0.15, 0.2) is 0 Å². The first-order valence-electron chi connectivity index (χ1n) is 4.48. The highest BCUT2D eigenvalue weighted by atomic mass is 79.9. The van der Waals surface area contributed by atoms with Crippen LogP contribution in [0.15, 0.2) is 18.2 Å². The zero-order chi connectivity index (χ0) is 10.8. The lowest BCUT2D eigenvalue weighted by Crippen LogP contribution is -2.17. The second-order valence-corrected chi connectivity index (χ2v) is 4.81. The van der Waals surface area contributed by atoms with Crippen molar-refractivity contribution in [2.45, 2.75) is 20.3 Å². The van der Waals surface area contributed by atoms with Crippen molar-refractivity contribution in [3.05, 3.63) is 29.6 Å². The van der Waals surface area contributed by atoms with Gasteiger partial charge in [0.05, 0.1) is 0 Å². The fourth-order valence-corrected chi connectivity index (χ4v) is 1.44. The number of phenols is 1. The predicted octanol–water partition coefficient (Wildman–Crippen LogP) is 3.49. The first-order valence-corrected chi connectivity index (χ1v) is 5.60.